The lowest BCUT2D eigenvalue weighted by Crippen LogP contribution is -2.27. The molecule has 34 heavy (non-hydrogen) atoms. The van der Waals surface area contributed by atoms with Crippen LogP contribution in [-0.2, 0) is 32.6 Å². The second-order valence-corrected chi connectivity index (χ2v) is 15.1. The molecule has 0 atom stereocenters. The van der Waals surface area contributed by atoms with Crippen molar-refractivity contribution >= 4 is 7.82 Å². The summed E-state index contributed by atoms with van der Waals surface area (Å²) in [6.45, 7) is 26.1. The minimum Gasteiger partial charge on any atom is -0.395 e. The molecule has 5 heteroatoms. The molecule has 0 saturated heterocycles. The summed E-state index contributed by atoms with van der Waals surface area (Å²) in [4.78, 5) is 10.9. The molecule has 4 nitrogen and oxygen atoms in total. The molecular weight excluding hydrogens is 443 g/mol. The minimum atomic E-state index is -4.43. The molecule has 0 unspecified atom stereocenters. The normalized spacial score (nSPS) is 16.5. The van der Waals surface area contributed by atoms with Gasteiger partial charge in [0.05, 0.1) is 0 Å². The van der Waals surface area contributed by atoms with Gasteiger partial charge in [-0.3, -0.25) is 4.89 Å². The van der Waals surface area contributed by atoms with Crippen molar-refractivity contribution in [2.24, 2.45) is 0 Å². The lowest BCUT2D eigenvalue weighted by molar-refractivity contribution is 0.285. The number of phosphoric ester groups is 1. The number of phosphoric acid groups is 1. The van der Waals surface area contributed by atoms with E-state index in [0.29, 0.717) is 17.9 Å². The van der Waals surface area contributed by atoms with E-state index >= 15 is 0 Å². The summed E-state index contributed by atoms with van der Waals surface area (Å²) in [5, 5.41) is 0. The molecule has 0 spiro atoms. The van der Waals surface area contributed by atoms with Crippen LogP contribution < -0.4 is 9.05 Å². The second-order valence-electron chi connectivity index (χ2n) is 13.8. The van der Waals surface area contributed by atoms with Crippen molar-refractivity contribution in [3.05, 3.63) is 57.6 Å². The third kappa shape index (κ3) is 5.24. The molecule has 0 aromatic heterocycles. The average Bonchev–Trinajstić information content (AvgIpc) is 2.55. The molecule has 2 aromatic rings. The molecule has 0 fully saturated rings. The van der Waals surface area contributed by atoms with Gasteiger partial charge in [-0.25, -0.2) is 4.57 Å². The van der Waals surface area contributed by atoms with Gasteiger partial charge in [-0.2, -0.15) is 0 Å². The van der Waals surface area contributed by atoms with Crippen molar-refractivity contribution in [1.29, 1.82) is 0 Å². The van der Waals surface area contributed by atoms with E-state index in [1.54, 1.807) is 0 Å². The molecule has 4 bridgehead atoms. The maximum Gasteiger partial charge on any atom is 0.584 e. The zero-order valence-corrected chi connectivity index (χ0v) is 24.0. The molecule has 3 rings (SSSR count). The average molecular weight is 487 g/mol. The molecule has 188 valence electrons. The number of rotatable bonds is 0. The Hall–Kier alpha value is -1.77. The van der Waals surface area contributed by atoms with Crippen molar-refractivity contribution in [3.63, 3.8) is 0 Å². The largest absolute Gasteiger partial charge is 0.584 e. The summed E-state index contributed by atoms with van der Waals surface area (Å²) < 4.78 is 24.9. The number of benzene rings is 2. The molecule has 1 heterocycles. The Balaban J connectivity index is 2.59. The third-order valence-corrected chi connectivity index (χ3v) is 7.30. The standard InChI is InChI=1S/C29H43O4P/c1-26(2,3)20-13-15-22-24(28(7,8)9)18(20)17-19-21(27(4,5)6)14-16-23(25(19)29(10,11)12)33-34(30,31)32-22/h13-16H,17H2,1-12H3,(H,30,31). The molecule has 1 aliphatic heterocycles. The van der Waals surface area contributed by atoms with Crippen LogP contribution in [-0.4, -0.2) is 4.89 Å². The van der Waals surface area contributed by atoms with Crippen LogP contribution in [0, 0.1) is 0 Å². The summed E-state index contributed by atoms with van der Waals surface area (Å²) in [6, 6.07) is 7.78. The Kier molecular flexibility index (Phi) is 6.42. The van der Waals surface area contributed by atoms with E-state index in [1.165, 1.54) is 22.3 Å². The highest BCUT2D eigenvalue weighted by atomic mass is 31.2. The van der Waals surface area contributed by atoms with Crippen LogP contribution in [0.3, 0.4) is 0 Å². The zero-order valence-electron chi connectivity index (χ0n) is 23.1. The number of hydrogen-bond acceptors (Lipinski definition) is 3. The van der Waals surface area contributed by atoms with Crippen LogP contribution in [0.1, 0.15) is 116 Å². The van der Waals surface area contributed by atoms with E-state index in [2.05, 4.69) is 95.2 Å². The van der Waals surface area contributed by atoms with Gasteiger partial charge in [0.15, 0.2) is 0 Å². The summed E-state index contributed by atoms with van der Waals surface area (Å²) in [7, 11) is -4.43. The Morgan fingerprint density at radius 2 is 0.941 bits per heavy atom. The van der Waals surface area contributed by atoms with E-state index in [9.17, 15) is 9.46 Å². The van der Waals surface area contributed by atoms with Crippen molar-refractivity contribution in [2.45, 2.75) is 111 Å². The van der Waals surface area contributed by atoms with E-state index in [1.807, 2.05) is 12.1 Å². The van der Waals surface area contributed by atoms with Gasteiger partial charge in [-0.15, -0.1) is 0 Å². The van der Waals surface area contributed by atoms with Gasteiger partial charge in [0.1, 0.15) is 11.5 Å². The molecule has 1 N–H and O–H groups in total. The Bertz CT molecular complexity index is 1060. The smallest absolute Gasteiger partial charge is 0.395 e. The van der Waals surface area contributed by atoms with Gasteiger partial charge in [-0.05, 0) is 62.5 Å². The first-order valence-electron chi connectivity index (χ1n) is 12.2. The number of hydrogen-bond donors (Lipinski definition) is 1. The van der Waals surface area contributed by atoms with Gasteiger partial charge >= 0.3 is 7.82 Å². The van der Waals surface area contributed by atoms with Crippen LogP contribution in [0.4, 0.5) is 0 Å². The van der Waals surface area contributed by atoms with Crippen LogP contribution in [0.5, 0.6) is 11.5 Å². The summed E-state index contributed by atoms with van der Waals surface area (Å²) in [5.74, 6) is 0.835. The molecule has 0 amide bonds. The lowest BCUT2D eigenvalue weighted by atomic mass is 9.70. The van der Waals surface area contributed by atoms with Gasteiger partial charge in [0.25, 0.3) is 0 Å². The minimum absolute atomic E-state index is 0.112. The van der Waals surface area contributed by atoms with E-state index in [4.69, 9.17) is 9.05 Å². The van der Waals surface area contributed by atoms with Crippen molar-refractivity contribution in [3.8, 4) is 11.5 Å². The van der Waals surface area contributed by atoms with Gasteiger partial charge in [-0.1, -0.05) is 95.2 Å². The lowest BCUT2D eigenvalue weighted by Gasteiger charge is -2.37. The van der Waals surface area contributed by atoms with Crippen molar-refractivity contribution in [1.82, 2.24) is 0 Å². The van der Waals surface area contributed by atoms with Gasteiger partial charge in [0, 0.05) is 11.1 Å². The number of fused-ring (bicyclic) bond motifs is 4. The monoisotopic (exact) mass is 486 g/mol. The first-order chi connectivity index (χ1) is 15.1. The third-order valence-electron chi connectivity index (χ3n) is 6.45. The van der Waals surface area contributed by atoms with Gasteiger partial charge in [0.2, 0.25) is 0 Å². The van der Waals surface area contributed by atoms with Crippen molar-refractivity contribution in [2.75, 3.05) is 0 Å². The first-order valence-corrected chi connectivity index (χ1v) is 13.7. The second kappa shape index (κ2) is 8.14. The molecule has 0 aliphatic carbocycles. The maximum atomic E-state index is 13.3. The zero-order chi connectivity index (χ0) is 26.1. The molecule has 1 aliphatic rings. The molecular formula is C29H43O4P. The SMILES string of the molecule is CC(C)(C)c1ccc2c(C(C)(C)C)c1Cc1c(C(C)(C)C)ccc(c1C(C)(C)C)OP(=O)(O)O2. The highest BCUT2D eigenvalue weighted by Gasteiger charge is 2.38. The van der Waals surface area contributed by atoms with Crippen LogP contribution in [0.15, 0.2) is 24.3 Å². The van der Waals surface area contributed by atoms with Crippen LogP contribution >= 0.6 is 7.82 Å². The fourth-order valence-electron chi connectivity index (χ4n) is 5.27. The van der Waals surface area contributed by atoms with E-state index < -0.39 is 7.82 Å². The Labute approximate surface area is 206 Å². The van der Waals surface area contributed by atoms with E-state index in [-0.39, 0.29) is 21.7 Å². The predicted octanol–water partition coefficient (Wildman–Crippen LogP) is 8.34. The quantitative estimate of drug-likeness (QED) is 0.380. The molecule has 0 radical (unpaired) electrons. The summed E-state index contributed by atoms with van der Waals surface area (Å²) in [5.41, 5.74) is 5.87. The topological polar surface area (TPSA) is 55.8 Å². The highest BCUT2D eigenvalue weighted by molar-refractivity contribution is 7.48. The fourth-order valence-corrected chi connectivity index (χ4v) is 6.10. The van der Waals surface area contributed by atoms with Gasteiger partial charge < -0.3 is 9.05 Å². The first kappa shape index (κ1) is 26.8. The maximum absolute atomic E-state index is 13.3. The Morgan fingerprint density at radius 1 is 0.618 bits per heavy atom. The van der Waals surface area contributed by atoms with Crippen LogP contribution in [0.25, 0.3) is 0 Å². The fraction of sp³-hybridized carbons (Fsp3) is 0.586. The highest BCUT2D eigenvalue weighted by Crippen LogP contribution is 2.53. The summed E-state index contributed by atoms with van der Waals surface area (Å²) in [6.07, 6.45) is 0.697. The van der Waals surface area contributed by atoms with Crippen molar-refractivity contribution < 1.29 is 18.5 Å². The molecule has 2 aromatic carbocycles. The van der Waals surface area contributed by atoms with Crippen LogP contribution in [0.2, 0.25) is 0 Å². The van der Waals surface area contributed by atoms with E-state index in [0.717, 1.165) is 11.1 Å². The Morgan fingerprint density at radius 3 is 1.21 bits per heavy atom. The predicted molar refractivity (Wildman–Crippen MR) is 142 cm³/mol. The summed E-state index contributed by atoms with van der Waals surface area (Å²) >= 11 is 0. The molecule has 0 saturated carbocycles.